The highest BCUT2D eigenvalue weighted by Gasteiger charge is 2.22. The van der Waals surface area contributed by atoms with E-state index in [0.29, 0.717) is 12.2 Å². The van der Waals surface area contributed by atoms with Gasteiger partial charge in [0.05, 0.1) is 36.4 Å². The first kappa shape index (κ1) is 82.0. The standard InChI is InChI=1S/C7H15NO2.C6H13NO2.C6H12O3.C6H6O.C5H11NO2.C5H10O4.6CH4/c1-4-6(8)7(9)10-5(2)3;1-4(2)9-6(8)5(3)7;1-6(2,3)5(8)9-4-7;7-6-4-2-1-3-5-6;1-4(2)8-5(7)3-6;1-4(2)9-5(7)8-3-6;;;;;;/h5-6H,4,8H2,1-3H3;4-5H,7H2,1-3H3;7H,4H2,1-3H3;1-5,7H;4H,3,6H2,1-2H3;4,6H,3H2,1-2H3;6*1H4. The normalized spacial score (nSPS) is 9.90. The third-order valence-corrected chi connectivity index (χ3v) is 4.43. The van der Waals surface area contributed by atoms with Gasteiger partial charge in [-0.25, -0.2) is 4.79 Å². The summed E-state index contributed by atoms with van der Waals surface area (Å²) in [5.74, 6) is -1.06. The van der Waals surface area contributed by atoms with Crippen LogP contribution < -0.4 is 17.2 Å². The van der Waals surface area contributed by atoms with Gasteiger partial charge in [0.2, 0.25) is 0 Å². The van der Waals surface area contributed by atoms with E-state index in [1.54, 1.807) is 107 Å². The van der Waals surface area contributed by atoms with E-state index >= 15 is 0 Å². The lowest BCUT2D eigenvalue weighted by Gasteiger charge is -2.14. The van der Waals surface area contributed by atoms with Crippen LogP contribution in [0, 0.1) is 5.41 Å². The van der Waals surface area contributed by atoms with Crippen molar-refractivity contribution in [2.24, 2.45) is 22.6 Å². The van der Waals surface area contributed by atoms with Crippen LogP contribution in [0.4, 0.5) is 4.79 Å². The fraction of sp³-hybridized carbons (Fsp3) is 0.732. The number of aliphatic hydroxyl groups excluding tert-OH is 2. The molecule has 0 radical (unpaired) electrons. The molecule has 0 bridgehead atoms. The van der Waals surface area contributed by atoms with Crippen molar-refractivity contribution in [1.29, 1.82) is 0 Å². The maximum atomic E-state index is 10.8. The highest BCUT2D eigenvalue weighted by molar-refractivity contribution is 5.76. The van der Waals surface area contributed by atoms with Gasteiger partial charge >= 0.3 is 30.0 Å². The molecule has 17 nitrogen and oxygen atoms in total. The number of benzene rings is 1. The molecule has 58 heavy (non-hydrogen) atoms. The van der Waals surface area contributed by atoms with Crippen molar-refractivity contribution in [3.63, 3.8) is 0 Å². The predicted molar refractivity (Wildman–Crippen MR) is 236 cm³/mol. The van der Waals surface area contributed by atoms with Gasteiger partial charge < -0.3 is 60.9 Å². The number of hydrogen-bond acceptors (Lipinski definition) is 17. The first-order valence-electron chi connectivity index (χ1n) is 16.6. The molecule has 1 aromatic carbocycles. The lowest BCUT2D eigenvalue weighted by molar-refractivity contribution is -0.161. The summed E-state index contributed by atoms with van der Waals surface area (Å²) in [6.07, 6.45) is -0.595. The number of aromatic hydroxyl groups is 1. The molecule has 0 fully saturated rings. The van der Waals surface area contributed by atoms with Crippen LogP contribution >= 0.6 is 0 Å². The Morgan fingerprint density at radius 3 is 1.17 bits per heavy atom. The number of hydrogen-bond donors (Lipinski definition) is 6. The minimum absolute atomic E-state index is 0. The Bertz CT molecular complexity index is 1050. The molecule has 0 saturated carbocycles. The van der Waals surface area contributed by atoms with E-state index in [-0.39, 0.29) is 99.4 Å². The summed E-state index contributed by atoms with van der Waals surface area (Å²) in [4.78, 5) is 52.6. The minimum Gasteiger partial charge on any atom is -0.508 e. The van der Waals surface area contributed by atoms with Gasteiger partial charge in [0.25, 0.3) is 0 Å². The lowest BCUT2D eigenvalue weighted by Crippen LogP contribution is -2.32. The Morgan fingerprint density at radius 2 is 0.983 bits per heavy atom. The summed E-state index contributed by atoms with van der Waals surface area (Å²) >= 11 is 0. The molecule has 0 heterocycles. The lowest BCUT2D eigenvalue weighted by atomic mass is 9.98. The monoisotopic (exact) mass is 850 g/mol. The second kappa shape index (κ2) is 51.0. The topological polar surface area (TPSA) is 279 Å². The van der Waals surface area contributed by atoms with Crippen molar-refractivity contribution in [2.75, 3.05) is 20.1 Å². The Morgan fingerprint density at radius 1 is 0.621 bits per heavy atom. The maximum absolute atomic E-state index is 10.8. The van der Waals surface area contributed by atoms with Gasteiger partial charge in [-0.2, -0.15) is 0 Å². The molecule has 0 aromatic heterocycles. The molecule has 0 saturated heterocycles. The smallest absolute Gasteiger partial charge is 0.508 e. The number of ether oxygens (including phenoxy) is 6. The second-order valence-electron chi connectivity index (χ2n) is 12.4. The summed E-state index contributed by atoms with van der Waals surface area (Å²) in [6, 6.07) is 7.75. The molecule has 0 amide bonds. The third-order valence-electron chi connectivity index (χ3n) is 4.43. The molecule has 0 aliphatic carbocycles. The van der Waals surface area contributed by atoms with E-state index in [4.69, 9.17) is 42.0 Å². The molecule has 2 unspecified atom stereocenters. The Labute approximate surface area is 353 Å². The van der Waals surface area contributed by atoms with E-state index in [1.807, 2.05) is 13.0 Å². The van der Waals surface area contributed by atoms with Gasteiger partial charge in [-0.05, 0) is 102 Å². The Kier molecular flexibility index (Phi) is 72.1. The SMILES string of the molecule is C.C.C.C.C.C.CC(C)(C)C(=O)OCO.CC(C)OC(=O)C(C)N.CC(C)OC(=O)CN.CC(C)OC(=O)OCO.CCC(N)C(=O)OC(C)C.Oc1ccccc1. The quantitative estimate of drug-likeness (QED) is 0.0778. The molecule has 17 heteroatoms. The molecular formula is C41H91N3O14. The zero-order valence-corrected chi connectivity index (χ0v) is 33.2. The molecule has 0 spiro atoms. The molecule has 0 aliphatic rings. The van der Waals surface area contributed by atoms with Crippen molar-refractivity contribution >= 4 is 30.0 Å². The van der Waals surface area contributed by atoms with Crippen LogP contribution in [0.5, 0.6) is 5.75 Å². The molecule has 354 valence electrons. The summed E-state index contributed by atoms with van der Waals surface area (Å²) in [7, 11) is 0. The van der Waals surface area contributed by atoms with Crippen LogP contribution in [0.25, 0.3) is 0 Å². The highest BCUT2D eigenvalue weighted by atomic mass is 16.8. The van der Waals surface area contributed by atoms with Gasteiger partial charge in [0.15, 0.2) is 13.6 Å². The predicted octanol–water partition coefficient (Wildman–Crippen LogP) is 7.09. The average Bonchev–Trinajstić information content (AvgIpc) is 3.01. The van der Waals surface area contributed by atoms with E-state index < -0.39 is 37.2 Å². The van der Waals surface area contributed by atoms with E-state index in [0.717, 1.165) is 0 Å². The van der Waals surface area contributed by atoms with E-state index in [9.17, 15) is 24.0 Å². The van der Waals surface area contributed by atoms with Gasteiger partial charge in [0.1, 0.15) is 17.8 Å². The van der Waals surface area contributed by atoms with Crippen molar-refractivity contribution in [2.45, 2.75) is 177 Å². The Balaban J connectivity index is -0.0000000498. The van der Waals surface area contributed by atoms with Crippen LogP contribution in [-0.4, -0.2) is 102 Å². The number of phenols is 1. The summed E-state index contributed by atoms with van der Waals surface area (Å²) in [5.41, 5.74) is 15.0. The number of carbonyl (C=O) groups is 5. The van der Waals surface area contributed by atoms with Gasteiger partial charge in [-0.15, -0.1) is 0 Å². The van der Waals surface area contributed by atoms with Gasteiger partial charge in [-0.3, -0.25) is 19.2 Å². The second-order valence-corrected chi connectivity index (χ2v) is 12.4. The average molecular weight is 850 g/mol. The van der Waals surface area contributed by atoms with E-state index in [1.165, 1.54) is 0 Å². The zero-order valence-electron chi connectivity index (χ0n) is 33.2. The molecule has 9 N–H and O–H groups in total. The van der Waals surface area contributed by atoms with Gasteiger partial charge in [0, 0.05) is 0 Å². The van der Waals surface area contributed by atoms with E-state index in [2.05, 4.69) is 18.9 Å². The van der Waals surface area contributed by atoms with Crippen molar-refractivity contribution < 1.29 is 67.7 Å². The summed E-state index contributed by atoms with van der Waals surface area (Å²) < 4.78 is 27.1. The number of aliphatic hydroxyl groups is 2. The summed E-state index contributed by atoms with van der Waals surface area (Å²) in [5, 5.41) is 24.8. The Hall–Kier alpha value is -4.03. The molecular weight excluding hydrogens is 758 g/mol. The van der Waals surface area contributed by atoms with Crippen LogP contribution in [-0.2, 0) is 47.6 Å². The van der Waals surface area contributed by atoms with Gasteiger partial charge in [-0.1, -0.05) is 69.7 Å². The first-order valence-corrected chi connectivity index (χ1v) is 16.6. The maximum Gasteiger partial charge on any atom is 0.510 e. The number of carbonyl (C=O) groups excluding carboxylic acids is 5. The van der Waals surface area contributed by atoms with Crippen molar-refractivity contribution in [1.82, 2.24) is 0 Å². The third kappa shape index (κ3) is 69.8. The number of nitrogens with two attached hydrogens (primary N) is 3. The van der Waals surface area contributed by atoms with Crippen LogP contribution in [0.15, 0.2) is 30.3 Å². The number of phenolic OH excluding ortho intramolecular Hbond substituents is 1. The summed E-state index contributed by atoms with van der Waals surface area (Å²) in [6.45, 7) is 21.6. The van der Waals surface area contributed by atoms with Crippen LogP contribution in [0.2, 0.25) is 0 Å². The van der Waals surface area contributed by atoms with Crippen LogP contribution in [0.1, 0.15) is 141 Å². The number of esters is 4. The molecule has 1 aromatic rings. The zero-order chi connectivity index (χ0) is 42.0. The first-order chi connectivity index (χ1) is 23.8. The molecule has 0 aliphatic heterocycles. The largest absolute Gasteiger partial charge is 0.510 e. The minimum atomic E-state index is -0.840. The van der Waals surface area contributed by atoms with Crippen LogP contribution in [0.3, 0.4) is 0 Å². The fourth-order valence-electron chi connectivity index (χ4n) is 2.12. The molecule has 2 atom stereocenters. The van der Waals surface area contributed by atoms with Crippen molar-refractivity contribution in [3.05, 3.63) is 30.3 Å². The fourth-order valence-corrected chi connectivity index (χ4v) is 2.12. The molecule has 1 rings (SSSR count). The number of rotatable bonds is 10. The number of para-hydroxylation sites is 1. The van der Waals surface area contributed by atoms with Crippen molar-refractivity contribution in [3.8, 4) is 5.75 Å². The highest BCUT2D eigenvalue weighted by Crippen LogP contribution is 2.14.